The molecule has 0 spiro atoms. The Labute approximate surface area is 196 Å². The monoisotopic (exact) mass is 485 g/mol. The van der Waals surface area contributed by atoms with Crippen molar-refractivity contribution in [3.63, 3.8) is 0 Å². The molecule has 3 aromatic carbocycles. The first kappa shape index (κ1) is 22.6. The van der Waals surface area contributed by atoms with Gasteiger partial charge in [-0.2, -0.15) is 0 Å². The molecule has 4 rings (SSSR count). The number of fused-ring (bicyclic) bond motifs is 1. The van der Waals surface area contributed by atoms with Crippen LogP contribution in [0.4, 0.5) is 17.1 Å². The first-order chi connectivity index (χ1) is 15.7. The molecule has 0 fully saturated rings. The average Bonchev–Trinajstić information content (AvgIpc) is 2.79. The van der Waals surface area contributed by atoms with E-state index in [1.54, 1.807) is 48.5 Å². The molecule has 1 aliphatic heterocycles. The zero-order valence-corrected chi connectivity index (χ0v) is 19.1. The smallest absolute Gasteiger partial charge is 0.267 e. The number of amides is 2. The van der Waals surface area contributed by atoms with Crippen LogP contribution in [0.25, 0.3) is 0 Å². The second-order valence-corrected chi connectivity index (χ2v) is 9.61. The largest absolute Gasteiger partial charge is 0.476 e. The quantitative estimate of drug-likeness (QED) is 0.570. The molecule has 2 N–H and O–H groups in total. The number of hydrogen-bond donors (Lipinski definition) is 2. The Morgan fingerprint density at radius 1 is 0.970 bits per heavy atom. The standard InChI is InChI=1S/C23H20ClN3O5S/c1-15(28)25-17-8-10-18(11-9-17)26-23(29)22-14-27(20-13-16(24)7-12-21(20)32-22)33(30,31)19-5-3-2-4-6-19/h2-13,22H,14H2,1H3,(H,25,28)(H,26,29)/t22-/m1/s1. The summed E-state index contributed by atoms with van der Waals surface area (Å²) in [4.78, 5) is 24.2. The Morgan fingerprint density at radius 2 is 1.61 bits per heavy atom. The molecule has 1 atom stereocenters. The van der Waals surface area contributed by atoms with E-state index < -0.39 is 22.0 Å². The number of anilines is 3. The van der Waals surface area contributed by atoms with Crippen molar-refractivity contribution in [1.29, 1.82) is 0 Å². The highest BCUT2D eigenvalue weighted by Gasteiger charge is 2.37. The fourth-order valence-electron chi connectivity index (χ4n) is 3.37. The number of nitrogens with one attached hydrogen (secondary N) is 2. The number of sulfonamides is 1. The van der Waals surface area contributed by atoms with Gasteiger partial charge in [0.05, 0.1) is 17.1 Å². The van der Waals surface area contributed by atoms with Gasteiger partial charge in [-0.25, -0.2) is 8.42 Å². The molecule has 0 bridgehead atoms. The molecular formula is C23H20ClN3O5S. The van der Waals surface area contributed by atoms with Crippen molar-refractivity contribution in [3.8, 4) is 5.75 Å². The van der Waals surface area contributed by atoms with E-state index in [4.69, 9.17) is 16.3 Å². The third-order valence-corrected chi connectivity index (χ3v) is 6.92. The van der Waals surface area contributed by atoms with Crippen molar-refractivity contribution in [2.24, 2.45) is 0 Å². The highest BCUT2D eigenvalue weighted by molar-refractivity contribution is 7.92. The van der Waals surface area contributed by atoms with Crippen molar-refractivity contribution in [2.45, 2.75) is 17.9 Å². The maximum Gasteiger partial charge on any atom is 0.267 e. The minimum atomic E-state index is -3.97. The fraction of sp³-hybridized carbons (Fsp3) is 0.130. The first-order valence-corrected chi connectivity index (χ1v) is 11.8. The number of carbonyl (C=O) groups is 2. The molecule has 2 amide bonds. The second kappa shape index (κ2) is 9.13. The Balaban J connectivity index is 1.61. The van der Waals surface area contributed by atoms with Crippen LogP contribution in [0, 0.1) is 0 Å². The molecular weight excluding hydrogens is 466 g/mol. The second-order valence-electron chi connectivity index (χ2n) is 7.32. The van der Waals surface area contributed by atoms with Crippen molar-refractivity contribution in [1.82, 2.24) is 0 Å². The van der Waals surface area contributed by atoms with Crippen molar-refractivity contribution in [2.75, 3.05) is 21.5 Å². The lowest BCUT2D eigenvalue weighted by molar-refractivity contribution is -0.122. The predicted octanol–water partition coefficient (Wildman–Crippen LogP) is 3.89. The molecule has 0 unspecified atom stereocenters. The van der Waals surface area contributed by atoms with Crippen LogP contribution in [-0.2, 0) is 19.6 Å². The van der Waals surface area contributed by atoms with Gasteiger partial charge in [0, 0.05) is 23.3 Å². The number of hydrogen-bond acceptors (Lipinski definition) is 5. The molecule has 3 aromatic rings. The van der Waals surface area contributed by atoms with Crippen LogP contribution in [0.15, 0.2) is 77.7 Å². The van der Waals surface area contributed by atoms with Gasteiger partial charge in [-0.05, 0) is 54.6 Å². The van der Waals surface area contributed by atoms with Crippen LogP contribution < -0.4 is 19.7 Å². The van der Waals surface area contributed by atoms with E-state index in [1.165, 1.54) is 31.2 Å². The first-order valence-electron chi connectivity index (χ1n) is 9.96. The zero-order chi connectivity index (χ0) is 23.6. The number of ether oxygens (including phenoxy) is 1. The molecule has 1 aliphatic rings. The van der Waals surface area contributed by atoms with Crippen molar-refractivity contribution < 1.29 is 22.7 Å². The van der Waals surface area contributed by atoms with Gasteiger partial charge in [0.15, 0.2) is 6.10 Å². The number of carbonyl (C=O) groups excluding carboxylic acids is 2. The third-order valence-electron chi connectivity index (χ3n) is 4.89. The van der Waals surface area contributed by atoms with Crippen molar-refractivity contribution in [3.05, 3.63) is 77.8 Å². The van der Waals surface area contributed by atoms with Crippen LogP contribution in [0.5, 0.6) is 5.75 Å². The molecule has 0 aromatic heterocycles. The molecule has 8 nitrogen and oxygen atoms in total. The van der Waals surface area contributed by atoms with E-state index in [9.17, 15) is 18.0 Å². The molecule has 1 heterocycles. The summed E-state index contributed by atoms with van der Waals surface area (Å²) in [6.07, 6.45) is -1.10. The average molecular weight is 486 g/mol. The van der Waals surface area contributed by atoms with Gasteiger partial charge in [-0.3, -0.25) is 13.9 Å². The molecule has 0 saturated carbocycles. The summed E-state index contributed by atoms with van der Waals surface area (Å²) in [6, 6.07) is 19.1. The Kier molecular flexibility index (Phi) is 6.26. The highest BCUT2D eigenvalue weighted by atomic mass is 35.5. The lowest BCUT2D eigenvalue weighted by atomic mass is 10.2. The van der Waals surface area contributed by atoms with E-state index in [0.29, 0.717) is 16.4 Å². The molecule has 0 saturated heterocycles. The lowest BCUT2D eigenvalue weighted by Crippen LogP contribution is -2.48. The van der Waals surface area contributed by atoms with Crippen molar-refractivity contribution >= 4 is 50.5 Å². The van der Waals surface area contributed by atoms with Gasteiger partial charge in [0.2, 0.25) is 5.91 Å². The van der Waals surface area contributed by atoms with E-state index in [2.05, 4.69) is 10.6 Å². The fourth-order valence-corrected chi connectivity index (χ4v) is 5.03. The minimum absolute atomic E-state index is 0.0885. The van der Waals surface area contributed by atoms with E-state index in [-0.39, 0.29) is 28.8 Å². The summed E-state index contributed by atoms with van der Waals surface area (Å²) in [5.74, 6) is -0.497. The molecule has 170 valence electrons. The maximum atomic E-state index is 13.4. The minimum Gasteiger partial charge on any atom is -0.476 e. The third kappa shape index (κ3) is 4.94. The van der Waals surface area contributed by atoms with Gasteiger partial charge in [0.25, 0.3) is 15.9 Å². The van der Waals surface area contributed by atoms with E-state index in [0.717, 1.165) is 4.31 Å². The van der Waals surface area contributed by atoms with Crippen LogP contribution in [0.1, 0.15) is 6.92 Å². The van der Waals surface area contributed by atoms with Crippen LogP contribution >= 0.6 is 11.6 Å². The van der Waals surface area contributed by atoms with Gasteiger partial charge >= 0.3 is 0 Å². The summed E-state index contributed by atoms with van der Waals surface area (Å²) < 4.78 is 33.7. The molecule has 0 aliphatic carbocycles. The molecule has 10 heteroatoms. The van der Waals surface area contributed by atoms with Gasteiger partial charge in [-0.15, -0.1) is 0 Å². The Hall–Kier alpha value is -3.56. The normalized spacial score (nSPS) is 15.2. The summed E-state index contributed by atoms with van der Waals surface area (Å²) in [7, 11) is -3.97. The maximum absolute atomic E-state index is 13.4. The number of benzene rings is 3. The number of nitrogens with zero attached hydrogens (tertiary/aromatic N) is 1. The van der Waals surface area contributed by atoms with Gasteiger partial charge < -0.3 is 15.4 Å². The van der Waals surface area contributed by atoms with Crippen LogP contribution in [0.2, 0.25) is 5.02 Å². The van der Waals surface area contributed by atoms with E-state index in [1.807, 2.05) is 0 Å². The Morgan fingerprint density at radius 3 is 2.24 bits per heavy atom. The summed E-state index contributed by atoms with van der Waals surface area (Å²) >= 11 is 6.11. The van der Waals surface area contributed by atoms with Gasteiger partial charge in [0.1, 0.15) is 5.75 Å². The number of rotatable bonds is 5. The Bertz CT molecular complexity index is 1300. The van der Waals surface area contributed by atoms with E-state index >= 15 is 0 Å². The lowest BCUT2D eigenvalue weighted by Gasteiger charge is -2.34. The highest BCUT2D eigenvalue weighted by Crippen LogP contribution is 2.39. The molecule has 33 heavy (non-hydrogen) atoms. The summed E-state index contributed by atoms with van der Waals surface area (Å²) in [6.45, 7) is 1.16. The summed E-state index contributed by atoms with van der Waals surface area (Å²) in [5.41, 5.74) is 1.31. The SMILES string of the molecule is CC(=O)Nc1ccc(NC(=O)[C@H]2CN(S(=O)(=O)c3ccccc3)c3cc(Cl)ccc3O2)cc1. The topological polar surface area (TPSA) is 105 Å². The summed E-state index contributed by atoms with van der Waals surface area (Å²) in [5, 5.41) is 5.70. The zero-order valence-electron chi connectivity index (χ0n) is 17.5. The van der Waals surface area contributed by atoms with Crippen LogP contribution in [0.3, 0.4) is 0 Å². The number of halogens is 1. The molecule has 0 radical (unpaired) electrons. The van der Waals surface area contributed by atoms with Gasteiger partial charge in [-0.1, -0.05) is 29.8 Å². The van der Waals surface area contributed by atoms with Crippen LogP contribution in [-0.4, -0.2) is 32.9 Å². The predicted molar refractivity (Wildman–Crippen MR) is 126 cm³/mol.